The third kappa shape index (κ3) is 5.42. The average Bonchev–Trinajstić information content (AvgIpc) is 3.00. The molecule has 0 saturated heterocycles. The monoisotopic (exact) mass is 440 g/mol. The SMILES string of the molecule is C[C@H](CCC(F)(F)C(C)(C)O)C1CCC2C(=CC=C3C[C@@H](O)C[C@H](O)C3)CCC[C@@]21C. The number of hydrogen-bond donors (Lipinski definition) is 3. The van der Waals surface area contributed by atoms with Crippen LogP contribution in [0, 0.1) is 23.2 Å². The fourth-order valence-electron chi connectivity index (χ4n) is 6.66. The molecule has 31 heavy (non-hydrogen) atoms. The van der Waals surface area contributed by atoms with Crippen molar-refractivity contribution in [1.82, 2.24) is 0 Å². The molecule has 0 radical (unpaired) electrons. The maximum atomic E-state index is 14.3. The van der Waals surface area contributed by atoms with E-state index in [1.54, 1.807) is 0 Å². The predicted molar refractivity (Wildman–Crippen MR) is 120 cm³/mol. The van der Waals surface area contributed by atoms with Crippen LogP contribution in [0.25, 0.3) is 0 Å². The van der Waals surface area contributed by atoms with Gasteiger partial charge in [0.05, 0.1) is 12.2 Å². The van der Waals surface area contributed by atoms with Crippen LogP contribution in [-0.2, 0) is 0 Å². The zero-order chi connectivity index (χ0) is 23.0. The zero-order valence-corrected chi connectivity index (χ0v) is 19.7. The first-order valence-corrected chi connectivity index (χ1v) is 12.2. The number of aliphatic hydroxyl groups excluding tert-OH is 2. The Labute approximate surface area is 186 Å². The summed E-state index contributed by atoms with van der Waals surface area (Å²) in [7, 11) is 0. The minimum absolute atomic E-state index is 0.137. The van der Waals surface area contributed by atoms with E-state index in [4.69, 9.17) is 0 Å². The van der Waals surface area contributed by atoms with E-state index < -0.39 is 23.7 Å². The molecule has 0 aliphatic heterocycles. The quantitative estimate of drug-likeness (QED) is 0.490. The van der Waals surface area contributed by atoms with Gasteiger partial charge in [0.15, 0.2) is 0 Å². The lowest BCUT2D eigenvalue weighted by atomic mass is 9.60. The van der Waals surface area contributed by atoms with Crippen molar-refractivity contribution < 1.29 is 24.1 Å². The Balaban J connectivity index is 1.69. The van der Waals surface area contributed by atoms with E-state index >= 15 is 0 Å². The average molecular weight is 441 g/mol. The Bertz CT molecular complexity index is 681. The van der Waals surface area contributed by atoms with Gasteiger partial charge in [-0.25, -0.2) is 8.78 Å². The normalized spacial score (nSPS) is 37.1. The van der Waals surface area contributed by atoms with Gasteiger partial charge in [0, 0.05) is 6.42 Å². The van der Waals surface area contributed by atoms with Crippen molar-refractivity contribution in [3.63, 3.8) is 0 Å². The van der Waals surface area contributed by atoms with E-state index in [1.165, 1.54) is 19.4 Å². The number of fused-ring (bicyclic) bond motifs is 1. The van der Waals surface area contributed by atoms with Gasteiger partial charge in [0.2, 0.25) is 0 Å². The van der Waals surface area contributed by atoms with Gasteiger partial charge in [-0.2, -0.15) is 0 Å². The number of halogens is 2. The summed E-state index contributed by atoms with van der Waals surface area (Å²) in [4.78, 5) is 0. The standard InChI is InChI=1S/C26H42F2O3/c1-17(11-13-26(27,28)24(2,3)31)22-9-10-23-19(6-5-12-25(22,23)4)8-7-18-14-20(29)16-21(30)15-18/h7-8,17,20-23,29-31H,5-6,9-16H2,1-4H3/t17-,20-,21-,22?,23?,25-/m1/s1. The van der Waals surface area contributed by atoms with E-state index in [2.05, 4.69) is 26.0 Å². The fourth-order valence-corrected chi connectivity index (χ4v) is 6.66. The fraction of sp³-hybridized carbons (Fsp3) is 0.846. The molecule has 3 N–H and O–H groups in total. The topological polar surface area (TPSA) is 60.7 Å². The van der Waals surface area contributed by atoms with Gasteiger partial charge in [-0.15, -0.1) is 0 Å². The molecule has 3 rings (SSSR count). The van der Waals surface area contributed by atoms with E-state index in [9.17, 15) is 24.1 Å². The van der Waals surface area contributed by atoms with Crippen LogP contribution in [0.2, 0.25) is 0 Å². The highest BCUT2D eigenvalue weighted by Gasteiger charge is 2.51. The largest absolute Gasteiger partial charge is 0.393 e. The third-order valence-electron chi connectivity index (χ3n) is 8.61. The number of allylic oxidation sites excluding steroid dienone is 3. The van der Waals surface area contributed by atoms with Crippen molar-refractivity contribution in [1.29, 1.82) is 0 Å². The van der Waals surface area contributed by atoms with Crippen LogP contribution in [-0.4, -0.2) is 39.1 Å². The van der Waals surface area contributed by atoms with Crippen molar-refractivity contribution in [2.45, 2.75) is 116 Å². The second-order valence-electron chi connectivity index (χ2n) is 11.4. The van der Waals surface area contributed by atoms with Gasteiger partial charge in [0.25, 0.3) is 5.92 Å². The van der Waals surface area contributed by atoms with Gasteiger partial charge >= 0.3 is 0 Å². The molecule has 0 bridgehead atoms. The Hall–Kier alpha value is -0.780. The van der Waals surface area contributed by atoms with Crippen LogP contribution >= 0.6 is 0 Å². The number of rotatable bonds is 6. The first-order chi connectivity index (χ1) is 14.3. The van der Waals surface area contributed by atoms with Gasteiger partial charge in [0.1, 0.15) is 5.60 Å². The van der Waals surface area contributed by atoms with Crippen molar-refractivity contribution in [3.8, 4) is 0 Å². The molecule has 3 nitrogen and oxygen atoms in total. The minimum Gasteiger partial charge on any atom is -0.393 e. The van der Waals surface area contributed by atoms with Crippen LogP contribution in [0.4, 0.5) is 8.78 Å². The summed E-state index contributed by atoms with van der Waals surface area (Å²) in [6.07, 6.45) is 10.9. The molecule has 3 aliphatic carbocycles. The number of alkyl halides is 2. The van der Waals surface area contributed by atoms with Crippen LogP contribution in [0.15, 0.2) is 23.3 Å². The van der Waals surface area contributed by atoms with Crippen LogP contribution in [0.3, 0.4) is 0 Å². The van der Waals surface area contributed by atoms with Gasteiger partial charge < -0.3 is 15.3 Å². The molecule has 0 heterocycles. The lowest BCUT2D eigenvalue weighted by molar-refractivity contribution is -0.168. The summed E-state index contributed by atoms with van der Waals surface area (Å²) in [5.74, 6) is -1.97. The molecule has 2 unspecified atom stereocenters. The molecule has 0 aromatic heterocycles. The third-order valence-corrected chi connectivity index (χ3v) is 8.61. The van der Waals surface area contributed by atoms with E-state index in [0.29, 0.717) is 37.5 Å². The molecule has 3 saturated carbocycles. The van der Waals surface area contributed by atoms with E-state index in [1.807, 2.05) is 0 Å². The summed E-state index contributed by atoms with van der Waals surface area (Å²) in [5, 5.41) is 29.7. The molecule has 0 spiro atoms. The molecule has 0 amide bonds. The molecule has 178 valence electrons. The molecule has 0 aromatic carbocycles. The number of aliphatic hydroxyl groups is 3. The van der Waals surface area contributed by atoms with Crippen molar-refractivity contribution in [2.24, 2.45) is 23.2 Å². The van der Waals surface area contributed by atoms with Crippen molar-refractivity contribution >= 4 is 0 Å². The molecule has 3 fully saturated rings. The van der Waals surface area contributed by atoms with Crippen molar-refractivity contribution in [3.05, 3.63) is 23.3 Å². The molecular weight excluding hydrogens is 398 g/mol. The maximum absolute atomic E-state index is 14.3. The maximum Gasteiger partial charge on any atom is 0.275 e. The second-order valence-corrected chi connectivity index (χ2v) is 11.4. The van der Waals surface area contributed by atoms with Crippen LogP contribution in [0.5, 0.6) is 0 Å². The van der Waals surface area contributed by atoms with Crippen LogP contribution in [0.1, 0.15) is 91.9 Å². The highest BCUT2D eigenvalue weighted by atomic mass is 19.3. The smallest absolute Gasteiger partial charge is 0.275 e. The Kier molecular flexibility index (Phi) is 7.40. The molecule has 3 aliphatic rings. The first-order valence-electron chi connectivity index (χ1n) is 12.2. The summed E-state index contributed by atoms with van der Waals surface area (Å²) >= 11 is 0. The first kappa shape index (κ1) is 24.9. The predicted octanol–water partition coefficient (Wildman–Crippen LogP) is 5.78. The summed E-state index contributed by atoms with van der Waals surface area (Å²) in [5.41, 5.74) is 0.719. The summed E-state index contributed by atoms with van der Waals surface area (Å²) in [6, 6.07) is 0. The lowest BCUT2D eigenvalue weighted by Gasteiger charge is -2.44. The van der Waals surface area contributed by atoms with E-state index in [-0.39, 0.29) is 17.8 Å². The second kappa shape index (κ2) is 9.23. The van der Waals surface area contributed by atoms with Gasteiger partial charge in [-0.05, 0) is 94.8 Å². The number of hydrogen-bond acceptors (Lipinski definition) is 3. The Morgan fingerprint density at radius 1 is 1.13 bits per heavy atom. The molecule has 5 heteroatoms. The minimum atomic E-state index is -3.07. The summed E-state index contributed by atoms with van der Waals surface area (Å²) in [6.45, 7) is 6.86. The zero-order valence-electron chi connectivity index (χ0n) is 19.7. The summed E-state index contributed by atoms with van der Waals surface area (Å²) < 4.78 is 28.6. The molecular formula is C26H42F2O3. The van der Waals surface area contributed by atoms with Gasteiger partial charge in [-0.3, -0.25) is 0 Å². The van der Waals surface area contributed by atoms with Crippen LogP contribution < -0.4 is 0 Å². The molecule has 0 aromatic rings. The molecule has 6 atom stereocenters. The Morgan fingerprint density at radius 3 is 2.39 bits per heavy atom. The lowest BCUT2D eigenvalue weighted by Crippen LogP contribution is -2.43. The Morgan fingerprint density at radius 2 is 1.77 bits per heavy atom. The van der Waals surface area contributed by atoms with Crippen molar-refractivity contribution in [2.75, 3.05) is 0 Å². The van der Waals surface area contributed by atoms with Gasteiger partial charge in [-0.1, -0.05) is 37.1 Å². The van der Waals surface area contributed by atoms with E-state index in [0.717, 1.165) is 37.7 Å². The highest BCUT2D eigenvalue weighted by Crippen LogP contribution is 2.60. The highest BCUT2D eigenvalue weighted by molar-refractivity contribution is 5.26.